The first kappa shape index (κ1) is 26.7. The van der Waals surface area contributed by atoms with Crippen LogP contribution in [0, 0.1) is 22.9 Å². The molecule has 1 saturated heterocycles. The second-order valence-corrected chi connectivity index (χ2v) is 9.47. The Labute approximate surface area is 213 Å². The Morgan fingerprint density at radius 2 is 1.86 bits per heavy atom. The van der Waals surface area contributed by atoms with Crippen LogP contribution in [-0.2, 0) is 11.2 Å². The Kier molecular flexibility index (Phi) is 8.50. The third-order valence-electron chi connectivity index (χ3n) is 7.23. The van der Waals surface area contributed by atoms with E-state index in [-0.39, 0.29) is 0 Å². The van der Waals surface area contributed by atoms with Crippen LogP contribution in [0.3, 0.4) is 0 Å². The standard InChI is InChI=1S/C27H31F3N4O3/c1-37-21-4-5-25-23(16-21)22(24(30)17-32-25)3-2-6-27(26(35)33-36)7-10-34(11-8-27)12-9-31-20-14-18(28)13-19(29)15-20/h4-5,13-17,31,36H,2-3,6-12H2,1H3,(H,33,35). The highest BCUT2D eigenvalue weighted by Crippen LogP contribution is 2.37. The normalized spacial score (nSPS) is 15.5. The van der Waals surface area contributed by atoms with E-state index in [1.54, 1.807) is 25.3 Å². The number of hydroxylamine groups is 1. The van der Waals surface area contributed by atoms with Crippen molar-refractivity contribution in [3.8, 4) is 5.75 Å². The number of hydrogen-bond donors (Lipinski definition) is 3. The van der Waals surface area contributed by atoms with Gasteiger partial charge in [-0.25, -0.2) is 18.7 Å². The molecule has 0 bridgehead atoms. The van der Waals surface area contributed by atoms with Gasteiger partial charge < -0.3 is 15.0 Å². The number of aryl methyl sites for hydroxylation is 1. The number of halogens is 3. The lowest BCUT2D eigenvalue weighted by atomic mass is 9.73. The van der Waals surface area contributed by atoms with Crippen molar-refractivity contribution in [1.29, 1.82) is 0 Å². The Hall–Kier alpha value is -3.37. The minimum atomic E-state index is -0.763. The lowest BCUT2D eigenvalue weighted by Gasteiger charge is -2.40. The van der Waals surface area contributed by atoms with Gasteiger partial charge in [-0.15, -0.1) is 0 Å². The molecule has 10 heteroatoms. The predicted octanol–water partition coefficient (Wildman–Crippen LogP) is 4.68. The second kappa shape index (κ2) is 11.8. The third kappa shape index (κ3) is 6.31. The number of rotatable bonds is 10. The summed E-state index contributed by atoms with van der Waals surface area (Å²) in [6.07, 6.45) is 3.72. The van der Waals surface area contributed by atoms with Gasteiger partial charge in [-0.2, -0.15) is 0 Å². The zero-order chi connectivity index (χ0) is 26.4. The smallest absolute Gasteiger partial charge is 0.249 e. The molecule has 1 amide bonds. The van der Waals surface area contributed by atoms with E-state index in [9.17, 15) is 23.2 Å². The van der Waals surface area contributed by atoms with Crippen LogP contribution in [0.5, 0.6) is 5.75 Å². The van der Waals surface area contributed by atoms with Gasteiger partial charge in [0.2, 0.25) is 5.91 Å². The quantitative estimate of drug-likeness (QED) is 0.268. The van der Waals surface area contributed by atoms with E-state index in [1.165, 1.54) is 18.3 Å². The highest BCUT2D eigenvalue weighted by atomic mass is 19.1. The first-order chi connectivity index (χ1) is 17.8. The van der Waals surface area contributed by atoms with Crippen molar-refractivity contribution >= 4 is 22.5 Å². The van der Waals surface area contributed by atoms with Crippen LogP contribution in [0.2, 0.25) is 0 Å². The number of carbonyl (C=O) groups excluding carboxylic acids is 1. The maximum atomic E-state index is 14.7. The fourth-order valence-electron chi connectivity index (χ4n) is 5.11. The lowest BCUT2D eigenvalue weighted by molar-refractivity contribution is -0.143. The van der Waals surface area contributed by atoms with Crippen molar-refractivity contribution in [3.05, 3.63) is 65.6 Å². The molecule has 4 rings (SSSR count). The van der Waals surface area contributed by atoms with E-state index in [0.717, 1.165) is 6.07 Å². The Balaban J connectivity index is 1.35. The van der Waals surface area contributed by atoms with E-state index in [2.05, 4.69) is 15.2 Å². The average molecular weight is 517 g/mol. The van der Waals surface area contributed by atoms with Crippen molar-refractivity contribution in [2.24, 2.45) is 5.41 Å². The number of nitrogens with one attached hydrogen (secondary N) is 2. The average Bonchev–Trinajstić information content (AvgIpc) is 2.89. The SMILES string of the molecule is COc1ccc2ncc(F)c(CCCC3(C(=O)NO)CCN(CCNc4cc(F)cc(F)c4)CC3)c2c1. The lowest BCUT2D eigenvalue weighted by Crippen LogP contribution is -2.49. The summed E-state index contributed by atoms with van der Waals surface area (Å²) in [6.45, 7) is 2.36. The van der Waals surface area contributed by atoms with Crippen LogP contribution < -0.4 is 15.5 Å². The molecular formula is C27H31F3N4O3. The Morgan fingerprint density at radius 1 is 1.14 bits per heavy atom. The molecule has 37 heavy (non-hydrogen) atoms. The third-order valence-corrected chi connectivity index (χ3v) is 7.23. The number of hydrogen-bond acceptors (Lipinski definition) is 6. The molecule has 3 aromatic rings. The number of methoxy groups -OCH3 is 1. The summed E-state index contributed by atoms with van der Waals surface area (Å²) in [5.41, 5.74) is 2.64. The number of carbonyl (C=O) groups is 1. The molecule has 0 aliphatic carbocycles. The number of amides is 1. The summed E-state index contributed by atoms with van der Waals surface area (Å²) < 4.78 is 46.7. The van der Waals surface area contributed by atoms with E-state index >= 15 is 0 Å². The van der Waals surface area contributed by atoms with Gasteiger partial charge in [0.05, 0.1) is 24.2 Å². The number of fused-ring (bicyclic) bond motifs is 1. The maximum Gasteiger partial charge on any atom is 0.249 e. The molecule has 1 aliphatic heterocycles. The summed E-state index contributed by atoms with van der Waals surface area (Å²) in [7, 11) is 1.55. The topological polar surface area (TPSA) is 86.7 Å². The van der Waals surface area contributed by atoms with Crippen LogP contribution in [0.1, 0.15) is 31.2 Å². The zero-order valence-corrected chi connectivity index (χ0v) is 20.7. The summed E-state index contributed by atoms with van der Waals surface area (Å²) in [5, 5.41) is 13.1. The van der Waals surface area contributed by atoms with Gasteiger partial charge in [-0.05, 0) is 81.1 Å². The number of anilines is 1. The molecule has 0 atom stereocenters. The molecule has 2 aromatic carbocycles. The number of nitrogens with zero attached hydrogens (tertiary/aromatic N) is 2. The van der Waals surface area contributed by atoms with Gasteiger partial charge in [0, 0.05) is 30.2 Å². The molecule has 1 aromatic heterocycles. The molecule has 0 unspecified atom stereocenters. The fraction of sp³-hybridized carbons (Fsp3) is 0.407. The molecule has 3 N–H and O–H groups in total. The van der Waals surface area contributed by atoms with E-state index in [0.29, 0.717) is 86.2 Å². The molecular weight excluding hydrogens is 485 g/mol. The minimum absolute atomic E-state index is 0.372. The number of benzene rings is 2. The van der Waals surface area contributed by atoms with Crippen LogP contribution in [0.15, 0.2) is 42.6 Å². The monoisotopic (exact) mass is 516 g/mol. The molecule has 0 spiro atoms. The highest BCUT2D eigenvalue weighted by Gasteiger charge is 2.40. The zero-order valence-electron chi connectivity index (χ0n) is 20.7. The molecule has 1 fully saturated rings. The van der Waals surface area contributed by atoms with Gasteiger partial charge in [0.25, 0.3) is 0 Å². The van der Waals surface area contributed by atoms with E-state index in [1.807, 2.05) is 5.48 Å². The van der Waals surface area contributed by atoms with Gasteiger partial charge in [0.15, 0.2) is 0 Å². The van der Waals surface area contributed by atoms with E-state index < -0.39 is 28.8 Å². The number of likely N-dealkylation sites (tertiary alicyclic amines) is 1. The van der Waals surface area contributed by atoms with Crippen molar-refractivity contribution in [1.82, 2.24) is 15.4 Å². The van der Waals surface area contributed by atoms with Gasteiger partial charge in [-0.3, -0.25) is 15.0 Å². The summed E-state index contributed by atoms with van der Waals surface area (Å²) in [5.74, 6) is -1.50. The molecule has 7 nitrogen and oxygen atoms in total. The predicted molar refractivity (Wildman–Crippen MR) is 134 cm³/mol. The molecule has 1 aliphatic rings. The fourth-order valence-corrected chi connectivity index (χ4v) is 5.11. The Morgan fingerprint density at radius 3 is 2.54 bits per heavy atom. The summed E-state index contributed by atoms with van der Waals surface area (Å²) in [4.78, 5) is 19.0. The second-order valence-electron chi connectivity index (χ2n) is 9.47. The molecule has 0 radical (unpaired) electrons. The van der Waals surface area contributed by atoms with Crippen LogP contribution in [0.25, 0.3) is 10.9 Å². The summed E-state index contributed by atoms with van der Waals surface area (Å²) >= 11 is 0. The van der Waals surface area contributed by atoms with Crippen LogP contribution in [0.4, 0.5) is 18.9 Å². The van der Waals surface area contributed by atoms with Crippen molar-refractivity contribution in [2.45, 2.75) is 32.1 Å². The molecule has 2 heterocycles. The number of piperidine rings is 1. The van der Waals surface area contributed by atoms with Gasteiger partial charge in [0.1, 0.15) is 23.2 Å². The molecule has 198 valence electrons. The largest absolute Gasteiger partial charge is 0.497 e. The maximum absolute atomic E-state index is 14.7. The van der Waals surface area contributed by atoms with Crippen LogP contribution >= 0.6 is 0 Å². The summed E-state index contributed by atoms with van der Waals surface area (Å²) in [6, 6.07) is 8.62. The van der Waals surface area contributed by atoms with E-state index in [4.69, 9.17) is 4.74 Å². The number of ether oxygens (including phenoxy) is 1. The Bertz CT molecular complexity index is 1230. The first-order valence-electron chi connectivity index (χ1n) is 12.3. The van der Waals surface area contributed by atoms with Crippen molar-refractivity contribution in [3.63, 3.8) is 0 Å². The number of pyridine rings is 1. The van der Waals surface area contributed by atoms with Gasteiger partial charge in [-0.1, -0.05) is 0 Å². The highest BCUT2D eigenvalue weighted by molar-refractivity contribution is 5.84. The van der Waals surface area contributed by atoms with Crippen LogP contribution in [-0.4, -0.2) is 54.3 Å². The van der Waals surface area contributed by atoms with Gasteiger partial charge >= 0.3 is 0 Å². The molecule has 0 saturated carbocycles. The van der Waals surface area contributed by atoms with Crippen molar-refractivity contribution < 1.29 is 27.9 Å². The first-order valence-corrected chi connectivity index (χ1v) is 12.3. The number of aromatic nitrogens is 1. The minimum Gasteiger partial charge on any atom is -0.497 e. The van der Waals surface area contributed by atoms with Crippen molar-refractivity contribution in [2.75, 3.05) is 38.6 Å².